The number of aliphatic hydroxyl groups is 1. The number of aliphatic hydroxyl groups excluding tert-OH is 1. The minimum absolute atomic E-state index is 0.0792. The molecule has 9 heteroatoms. The first-order chi connectivity index (χ1) is 37.0. The number of unbranched alkanes of at least 4 members (excludes halogenated alkanes) is 52. The zero-order chi connectivity index (χ0) is 55.6. The molecule has 3 atom stereocenters. The number of phosphoric ester groups is 1. The van der Waals surface area contributed by atoms with E-state index in [9.17, 15) is 19.4 Å². The summed E-state index contributed by atoms with van der Waals surface area (Å²) in [5.41, 5.74) is 0. The van der Waals surface area contributed by atoms with Crippen molar-refractivity contribution in [2.24, 2.45) is 0 Å². The molecule has 0 aliphatic heterocycles. The summed E-state index contributed by atoms with van der Waals surface area (Å²) < 4.78 is 23.8. The monoisotopic (exact) mass is 1100 g/mol. The van der Waals surface area contributed by atoms with E-state index in [1.54, 1.807) is 0 Å². The molecule has 3 N–H and O–H groups in total. The number of rotatable bonds is 65. The van der Waals surface area contributed by atoms with E-state index in [0.717, 1.165) is 38.5 Å². The summed E-state index contributed by atoms with van der Waals surface area (Å²) in [5.74, 6) is -0.134. The molecule has 0 heterocycles. The van der Waals surface area contributed by atoms with Crippen molar-refractivity contribution < 1.29 is 32.9 Å². The van der Waals surface area contributed by atoms with Crippen molar-refractivity contribution in [1.29, 1.82) is 0 Å². The van der Waals surface area contributed by atoms with Crippen LogP contribution in [0.2, 0.25) is 0 Å². The summed E-state index contributed by atoms with van der Waals surface area (Å²) in [7, 11) is 1.64. The Morgan fingerprint density at radius 3 is 0.882 bits per heavy atom. The van der Waals surface area contributed by atoms with E-state index in [1.807, 2.05) is 21.1 Å². The first-order valence-corrected chi connectivity index (χ1v) is 35.9. The van der Waals surface area contributed by atoms with Crippen LogP contribution < -0.4 is 5.32 Å². The molecule has 0 spiro atoms. The van der Waals surface area contributed by atoms with Gasteiger partial charge in [-0.1, -0.05) is 354 Å². The van der Waals surface area contributed by atoms with Crippen molar-refractivity contribution in [2.75, 3.05) is 40.9 Å². The molecular formula is C67H138N2O6P+. The van der Waals surface area contributed by atoms with Gasteiger partial charge in [0.25, 0.3) is 0 Å². The summed E-state index contributed by atoms with van der Waals surface area (Å²) >= 11 is 0. The number of quaternary nitrogens is 1. The Bertz CT molecular complexity index is 1200. The van der Waals surface area contributed by atoms with E-state index in [4.69, 9.17) is 9.05 Å². The van der Waals surface area contributed by atoms with Crippen LogP contribution in [0.5, 0.6) is 0 Å². The SMILES string of the molecule is CCCCCCCCCCCCCCCCCCCCCCCCCCCCCCCCCCCCCCCCC(=O)NC(COP(=O)(O)OCC[N+](C)(C)C)C(O)CCCCCCCCCCCCCCCCCC. The summed E-state index contributed by atoms with van der Waals surface area (Å²) in [6, 6.07) is -0.755. The maximum Gasteiger partial charge on any atom is 0.472 e. The topological polar surface area (TPSA) is 105 Å². The van der Waals surface area contributed by atoms with Crippen molar-refractivity contribution in [1.82, 2.24) is 5.32 Å². The van der Waals surface area contributed by atoms with Gasteiger partial charge in [0.05, 0.1) is 39.9 Å². The van der Waals surface area contributed by atoms with Crippen LogP contribution in [0.15, 0.2) is 0 Å². The van der Waals surface area contributed by atoms with E-state index in [-0.39, 0.29) is 19.1 Å². The quantitative estimate of drug-likeness (QED) is 0.0318. The van der Waals surface area contributed by atoms with Gasteiger partial charge < -0.3 is 19.8 Å². The Hall–Kier alpha value is -0.500. The van der Waals surface area contributed by atoms with Crippen LogP contribution in [0.3, 0.4) is 0 Å². The van der Waals surface area contributed by atoms with Crippen LogP contribution in [0.25, 0.3) is 0 Å². The molecule has 0 radical (unpaired) electrons. The van der Waals surface area contributed by atoms with Gasteiger partial charge >= 0.3 is 7.82 Å². The third kappa shape index (κ3) is 61.1. The van der Waals surface area contributed by atoms with Gasteiger partial charge in [0.1, 0.15) is 13.2 Å². The van der Waals surface area contributed by atoms with Crippen molar-refractivity contribution >= 4 is 13.7 Å². The van der Waals surface area contributed by atoms with Gasteiger partial charge in [-0.25, -0.2) is 4.57 Å². The van der Waals surface area contributed by atoms with Crippen LogP contribution in [-0.2, 0) is 18.4 Å². The van der Waals surface area contributed by atoms with Gasteiger partial charge in [-0.15, -0.1) is 0 Å². The summed E-state index contributed by atoms with van der Waals surface area (Å²) in [5, 5.41) is 14.1. The summed E-state index contributed by atoms with van der Waals surface area (Å²) in [6.07, 6.45) is 73.6. The second-order valence-electron chi connectivity index (χ2n) is 25.3. The molecule has 0 bridgehead atoms. The van der Waals surface area contributed by atoms with Crippen LogP contribution in [0.4, 0.5) is 0 Å². The molecule has 0 aromatic heterocycles. The van der Waals surface area contributed by atoms with E-state index in [1.165, 1.54) is 308 Å². The van der Waals surface area contributed by atoms with Crippen LogP contribution in [-0.4, -0.2) is 73.4 Å². The van der Waals surface area contributed by atoms with Crippen LogP contribution in [0, 0.1) is 0 Å². The molecule has 3 unspecified atom stereocenters. The first kappa shape index (κ1) is 75.5. The Morgan fingerprint density at radius 1 is 0.395 bits per heavy atom. The number of nitrogens with zero attached hydrogens (tertiary/aromatic N) is 1. The maximum atomic E-state index is 13.0. The molecule has 0 aliphatic rings. The summed E-state index contributed by atoms with van der Waals surface area (Å²) in [4.78, 5) is 23.4. The lowest BCUT2D eigenvalue weighted by molar-refractivity contribution is -0.870. The van der Waals surface area contributed by atoms with Crippen molar-refractivity contribution in [3.8, 4) is 0 Å². The molecule has 456 valence electrons. The van der Waals surface area contributed by atoms with Gasteiger partial charge in [0.15, 0.2) is 0 Å². The molecule has 0 rings (SSSR count). The highest BCUT2D eigenvalue weighted by atomic mass is 31.2. The van der Waals surface area contributed by atoms with Crippen molar-refractivity contribution in [3.63, 3.8) is 0 Å². The molecule has 1 amide bonds. The lowest BCUT2D eigenvalue weighted by Crippen LogP contribution is -2.46. The average molecular weight is 1100 g/mol. The Morgan fingerprint density at radius 2 is 0.632 bits per heavy atom. The van der Waals surface area contributed by atoms with E-state index < -0.39 is 20.0 Å². The first-order valence-electron chi connectivity index (χ1n) is 34.4. The van der Waals surface area contributed by atoms with E-state index in [2.05, 4.69) is 19.2 Å². The minimum Gasteiger partial charge on any atom is -0.391 e. The smallest absolute Gasteiger partial charge is 0.391 e. The fourth-order valence-electron chi connectivity index (χ4n) is 11.0. The van der Waals surface area contributed by atoms with Gasteiger partial charge in [-0.05, 0) is 12.8 Å². The second-order valence-corrected chi connectivity index (χ2v) is 26.7. The van der Waals surface area contributed by atoms with Gasteiger partial charge in [0.2, 0.25) is 5.91 Å². The molecule has 0 saturated carbocycles. The highest BCUT2D eigenvalue weighted by molar-refractivity contribution is 7.47. The minimum atomic E-state index is -4.32. The normalized spacial score (nSPS) is 13.6. The Labute approximate surface area is 476 Å². The number of carbonyl (C=O) groups is 1. The number of phosphoric acid groups is 1. The molecule has 8 nitrogen and oxygen atoms in total. The maximum absolute atomic E-state index is 13.0. The van der Waals surface area contributed by atoms with Crippen LogP contribution in [0.1, 0.15) is 373 Å². The third-order valence-corrected chi connectivity index (χ3v) is 17.3. The molecule has 0 fully saturated rings. The number of hydrogen-bond acceptors (Lipinski definition) is 5. The largest absolute Gasteiger partial charge is 0.472 e. The zero-order valence-electron chi connectivity index (χ0n) is 52.3. The van der Waals surface area contributed by atoms with E-state index >= 15 is 0 Å². The second kappa shape index (κ2) is 59.1. The molecule has 76 heavy (non-hydrogen) atoms. The van der Waals surface area contributed by atoms with Crippen molar-refractivity contribution in [2.45, 2.75) is 386 Å². The lowest BCUT2D eigenvalue weighted by Gasteiger charge is -2.26. The standard InChI is InChI=1S/C67H137N2O6P/c1-6-8-10-12-14-16-18-20-22-24-25-26-27-28-29-30-31-32-33-34-35-36-37-38-39-40-41-42-43-44-45-47-49-51-53-55-57-59-61-67(71)68-65(64-75-76(72,73)74-63-62-69(3,4)5)66(70)60-58-56-54-52-50-48-46-23-21-19-17-15-13-11-9-7-2/h65-66,70H,6-64H2,1-5H3,(H-,68,71,72,73)/p+1. The van der Waals surface area contributed by atoms with E-state index in [0.29, 0.717) is 23.9 Å². The fraction of sp³-hybridized carbons (Fsp3) is 0.985. The number of hydrogen-bond donors (Lipinski definition) is 3. The van der Waals surface area contributed by atoms with Crippen molar-refractivity contribution in [3.05, 3.63) is 0 Å². The lowest BCUT2D eigenvalue weighted by atomic mass is 10.0. The van der Waals surface area contributed by atoms with Gasteiger partial charge in [-0.3, -0.25) is 13.8 Å². The van der Waals surface area contributed by atoms with Gasteiger partial charge in [-0.2, -0.15) is 0 Å². The molecular weight excluding hydrogens is 960 g/mol. The zero-order valence-corrected chi connectivity index (χ0v) is 53.2. The number of nitrogens with one attached hydrogen (secondary N) is 1. The summed E-state index contributed by atoms with van der Waals surface area (Å²) in [6.45, 7) is 4.95. The van der Waals surface area contributed by atoms with Gasteiger partial charge in [0, 0.05) is 6.42 Å². The molecule has 0 aromatic carbocycles. The van der Waals surface area contributed by atoms with Crippen LogP contribution >= 0.6 is 7.82 Å². The molecule has 0 aromatic rings. The molecule has 0 saturated heterocycles. The number of likely N-dealkylation sites (N-methyl/N-ethyl adjacent to an activating group) is 1. The Balaban J connectivity index is 3.84. The number of carbonyl (C=O) groups excluding carboxylic acids is 1. The fourth-order valence-corrected chi connectivity index (χ4v) is 11.7. The predicted molar refractivity (Wildman–Crippen MR) is 332 cm³/mol. The average Bonchev–Trinajstić information content (AvgIpc) is 3.38. The predicted octanol–water partition coefficient (Wildman–Crippen LogP) is 21.6. The third-order valence-electron chi connectivity index (χ3n) is 16.4. The highest BCUT2D eigenvalue weighted by Crippen LogP contribution is 2.43. The molecule has 0 aliphatic carbocycles. The number of amides is 1. The highest BCUT2D eigenvalue weighted by Gasteiger charge is 2.28. The Kier molecular flexibility index (Phi) is 58.7.